The molecule has 0 unspecified atom stereocenters. The molecular formula is C27H34ClN5O3. The van der Waals surface area contributed by atoms with Crippen LogP contribution in [-0.2, 0) is 22.5 Å². The number of alkyl carbamates (subject to hydrolysis) is 1. The van der Waals surface area contributed by atoms with Gasteiger partial charge in [-0.15, -0.1) is 0 Å². The maximum Gasteiger partial charge on any atom is 0.407 e. The number of rotatable bonds is 4. The van der Waals surface area contributed by atoms with E-state index in [4.69, 9.17) is 16.3 Å². The highest BCUT2D eigenvalue weighted by Gasteiger charge is 2.34. The predicted molar refractivity (Wildman–Crippen MR) is 139 cm³/mol. The van der Waals surface area contributed by atoms with Gasteiger partial charge in [0.05, 0.1) is 5.02 Å². The summed E-state index contributed by atoms with van der Waals surface area (Å²) >= 11 is 6.54. The van der Waals surface area contributed by atoms with E-state index in [-0.39, 0.29) is 23.3 Å². The lowest BCUT2D eigenvalue weighted by molar-refractivity contribution is -0.121. The minimum Gasteiger partial charge on any atom is -0.444 e. The number of pyridine rings is 1. The third-order valence-corrected chi connectivity index (χ3v) is 7.02. The van der Waals surface area contributed by atoms with E-state index in [2.05, 4.69) is 40.1 Å². The van der Waals surface area contributed by atoms with Gasteiger partial charge in [-0.3, -0.25) is 4.79 Å². The van der Waals surface area contributed by atoms with Gasteiger partial charge in [0.15, 0.2) is 0 Å². The van der Waals surface area contributed by atoms with Gasteiger partial charge in [0.25, 0.3) is 0 Å². The van der Waals surface area contributed by atoms with Crippen LogP contribution in [0.4, 0.5) is 10.6 Å². The number of nitrogens with zero attached hydrogens (tertiary/aromatic N) is 3. The van der Waals surface area contributed by atoms with Crippen molar-refractivity contribution in [2.24, 2.45) is 11.3 Å². The van der Waals surface area contributed by atoms with Crippen LogP contribution in [0.25, 0.3) is 11.1 Å². The molecule has 1 saturated carbocycles. The minimum atomic E-state index is -0.572. The highest BCUT2D eigenvalue weighted by molar-refractivity contribution is 6.33. The molecule has 0 spiro atoms. The first-order chi connectivity index (χ1) is 16.8. The standard InChI is InChI=1S/C27H34ClN5O3/c1-26(2,3)36-25(35)31-17-8-6-7-16(9-17)24(34)32-23-11-19(21(28)14-30-23)20-10-18(13-29)33-15-27(4,5)12-22(20)33/h10-11,14,16-17H,6-9,12,15H2,1-5H3,(H,31,35)(H,30,32,34)/t16-,17+/m0/s1. The Labute approximate surface area is 217 Å². The smallest absolute Gasteiger partial charge is 0.407 e. The van der Waals surface area contributed by atoms with Crippen molar-refractivity contribution >= 4 is 29.4 Å². The number of nitriles is 1. The molecule has 2 N–H and O–H groups in total. The van der Waals surface area contributed by atoms with Crippen LogP contribution in [0.3, 0.4) is 0 Å². The van der Waals surface area contributed by atoms with Crippen molar-refractivity contribution in [3.8, 4) is 17.2 Å². The van der Waals surface area contributed by atoms with Crippen molar-refractivity contribution in [1.82, 2.24) is 14.9 Å². The Morgan fingerprint density at radius 1 is 1.25 bits per heavy atom. The number of carbonyl (C=O) groups excluding carboxylic acids is 2. The Kier molecular flexibility index (Phi) is 7.07. The Hall–Kier alpha value is -3.05. The summed E-state index contributed by atoms with van der Waals surface area (Å²) in [7, 11) is 0. The van der Waals surface area contributed by atoms with Crippen molar-refractivity contribution in [2.75, 3.05) is 5.32 Å². The first kappa shape index (κ1) is 26.0. The van der Waals surface area contributed by atoms with Gasteiger partial charge in [-0.25, -0.2) is 9.78 Å². The number of halogens is 1. The number of ether oxygens (including phenoxy) is 1. The second kappa shape index (κ2) is 9.78. The molecule has 2 aromatic rings. The molecule has 0 bridgehead atoms. The van der Waals surface area contributed by atoms with E-state index in [1.54, 1.807) is 6.07 Å². The molecule has 0 aromatic carbocycles. The van der Waals surface area contributed by atoms with Crippen LogP contribution in [0, 0.1) is 22.7 Å². The second-order valence-electron chi connectivity index (χ2n) is 11.7. The fourth-order valence-corrected chi connectivity index (χ4v) is 5.40. The van der Waals surface area contributed by atoms with Gasteiger partial charge in [0, 0.05) is 41.5 Å². The van der Waals surface area contributed by atoms with E-state index < -0.39 is 11.7 Å². The SMILES string of the molecule is CC1(C)Cc2c(-c3cc(NC(=O)[C@H]4CCC[C@@H](NC(=O)OC(C)(C)C)C4)ncc3Cl)cc(C#N)n2C1. The fraction of sp³-hybridized carbons (Fsp3) is 0.556. The molecule has 192 valence electrons. The molecule has 2 amide bonds. The summed E-state index contributed by atoms with van der Waals surface area (Å²) in [4.78, 5) is 29.6. The Morgan fingerprint density at radius 3 is 2.69 bits per heavy atom. The van der Waals surface area contributed by atoms with Gasteiger partial charge >= 0.3 is 6.09 Å². The molecule has 1 fully saturated rings. The molecule has 0 radical (unpaired) electrons. The van der Waals surface area contributed by atoms with E-state index in [0.29, 0.717) is 23.0 Å². The van der Waals surface area contributed by atoms with Gasteiger partial charge in [0.1, 0.15) is 23.2 Å². The average molecular weight is 512 g/mol. The zero-order valence-corrected chi connectivity index (χ0v) is 22.3. The van der Waals surface area contributed by atoms with Crippen molar-refractivity contribution in [1.29, 1.82) is 5.26 Å². The van der Waals surface area contributed by atoms with Gasteiger partial charge < -0.3 is 19.9 Å². The van der Waals surface area contributed by atoms with Gasteiger partial charge in [-0.1, -0.05) is 31.9 Å². The summed E-state index contributed by atoms with van der Waals surface area (Å²) in [5.74, 6) is 0.0362. The molecule has 36 heavy (non-hydrogen) atoms. The average Bonchev–Trinajstić information content (AvgIpc) is 3.26. The number of hydrogen-bond acceptors (Lipinski definition) is 5. The number of nitrogens with one attached hydrogen (secondary N) is 2. The van der Waals surface area contributed by atoms with Crippen molar-refractivity contribution in [2.45, 2.75) is 84.9 Å². The molecule has 8 nitrogen and oxygen atoms in total. The van der Waals surface area contributed by atoms with E-state index >= 15 is 0 Å². The Morgan fingerprint density at radius 2 is 2.00 bits per heavy atom. The van der Waals surface area contributed by atoms with E-state index in [1.807, 2.05) is 26.8 Å². The third kappa shape index (κ3) is 5.84. The quantitative estimate of drug-likeness (QED) is 0.548. The number of carbonyl (C=O) groups is 2. The van der Waals surface area contributed by atoms with Crippen molar-refractivity contribution in [3.05, 3.63) is 34.7 Å². The largest absolute Gasteiger partial charge is 0.444 e. The van der Waals surface area contributed by atoms with Crippen LogP contribution < -0.4 is 10.6 Å². The van der Waals surface area contributed by atoms with Crippen molar-refractivity contribution in [3.63, 3.8) is 0 Å². The number of hydrogen-bond donors (Lipinski definition) is 2. The molecule has 2 atom stereocenters. The van der Waals surface area contributed by atoms with Crippen LogP contribution in [0.15, 0.2) is 18.3 Å². The highest BCUT2D eigenvalue weighted by atomic mass is 35.5. The molecule has 3 heterocycles. The summed E-state index contributed by atoms with van der Waals surface area (Å²) in [5.41, 5.74) is 2.81. The van der Waals surface area contributed by atoms with Crippen LogP contribution in [0.5, 0.6) is 0 Å². The zero-order valence-electron chi connectivity index (χ0n) is 21.6. The lowest BCUT2D eigenvalue weighted by Crippen LogP contribution is -2.43. The lowest BCUT2D eigenvalue weighted by Gasteiger charge is -2.30. The lowest BCUT2D eigenvalue weighted by atomic mass is 9.85. The molecule has 2 aliphatic rings. The number of aromatic nitrogens is 2. The van der Waals surface area contributed by atoms with Gasteiger partial charge in [-0.05, 0) is 64.0 Å². The maximum atomic E-state index is 13.1. The second-order valence-corrected chi connectivity index (χ2v) is 12.1. The third-order valence-electron chi connectivity index (χ3n) is 6.72. The maximum absolute atomic E-state index is 13.1. The topological polar surface area (TPSA) is 109 Å². The summed E-state index contributed by atoms with van der Waals surface area (Å²) < 4.78 is 7.42. The predicted octanol–water partition coefficient (Wildman–Crippen LogP) is 5.68. The summed E-state index contributed by atoms with van der Waals surface area (Å²) in [6.45, 7) is 10.6. The summed E-state index contributed by atoms with van der Waals surface area (Å²) in [6.07, 6.45) is 4.84. The highest BCUT2D eigenvalue weighted by Crippen LogP contribution is 2.42. The van der Waals surface area contributed by atoms with Gasteiger partial charge in [-0.2, -0.15) is 5.26 Å². The van der Waals surface area contributed by atoms with E-state index in [1.165, 1.54) is 6.20 Å². The molecular weight excluding hydrogens is 478 g/mol. The summed E-state index contributed by atoms with van der Waals surface area (Å²) in [6, 6.07) is 5.82. The van der Waals surface area contributed by atoms with Gasteiger partial charge in [0.2, 0.25) is 5.91 Å². The Balaban J connectivity index is 1.48. The number of fused-ring (bicyclic) bond motifs is 1. The van der Waals surface area contributed by atoms with E-state index in [0.717, 1.165) is 49.0 Å². The first-order valence-electron chi connectivity index (χ1n) is 12.4. The summed E-state index contributed by atoms with van der Waals surface area (Å²) in [5, 5.41) is 16.0. The number of amides is 2. The molecule has 1 aliphatic carbocycles. The minimum absolute atomic E-state index is 0.0539. The van der Waals surface area contributed by atoms with Crippen LogP contribution in [-0.4, -0.2) is 33.2 Å². The first-order valence-corrected chi connectivity index (χ1v) is 12.8. The molecule has 9 heteroatoms. The van der Waals surface area contributed by atoms with Crippen molar-refractivity contribution < 1.29 is 14.3 Å². The molecule has 1 aliphatic heterocycles. The molecule has 2 aromatic heterocycles. The number of anilines is 1. The Bertz CT molecular complexity index is 1220. The fourth-order valence-electron chi connectivity index (χ4n) is 5.20. The molecule has 0 saturated heterocycles. The van der Waals surface area contributed by atoms with Crippen LogP contribution in [0.1, 0.15) is 71.7 Å². The molecule has 4 rings (SSSR count). The zero-order chi connectivity index (χ0) is 26.3. The normalized spacial score (nSPS) is 20.8. The van der Waals surface area contributed by atoms with Crippen LogP contribution in [0.2, 0.25) is 5.02 Å². The monoisotopic (exact) mass is 511 g/mol. The van der Waals surface area contributed by atoms with E-state index in [9.17, 15) is 14.9 Å². The van der Waals surface area contributed by atoms with Crippen LogP contribution >= 0.6 is 11.6 Å².